The summed E-state index contributed by atoms with van der Waals surface area (Å²) in [5.41, 5.74) is 0.854. The lowest BCUT2D eigenvalue weighted by Gasteiger charge is -2.21. The van der Waals surface area contributed by atoms with Crippen LogP contribution in [0.4, 0.5) is 11.4 Å². The van der Waals surface area contributed by atoms with E-state index in [9.17, 15) is 18.3 Å². The predicted molar refractivity (Wildman–Crippen MR) is 116 cm³/mol. The second-order valence-electron chi connectivity index (χ2n) is 6.42. The first-order valence-electron chi connectivity index (χ1n) is 8.87. The zero-order chi connectivity index (χ0) is 21.7. The van der Waals surface area contributed by atoms with Gasteiger partial charge in [0, 0.05) is 7.05 Å². The van der Waals surface area contributed by atoms with Crippen LogP contribution in [0.2, 0.25) is 0 Å². The van der Waals surface area contributed by atoms with E-state index in [0.29, 0.717) is 22.4 Å². The number of aromatic nitrogens is 3. The number of anilines is 2. The van der Waals surface area contributed by atoms with E-state index in [1.807, 2.05) is 0 Å². The Labute approximate surface area is 178 Å². The molecule has 0 saturated heterocycles. The summed E-state index contributed by atoms with van der Waals surface area (Å²) < 4.78 is 27.4. The van der Waals surface area contributed by atoms with Crippen molar-refractivity contribution in [2.24, 2.45) is 7.05 Å². The number of aromatic hydroxyl groups is 1. The predicted octanol–water partition coefficient (Wildman–Crippen LogP) is 2.22. The molecule has 158 valence electrons. The fourth-order valence-electron chi connectivity index (χ4n) is 2.63. The molecule has 0 aliphatic heterocycles. The molecule has 2 N–H and O–H groups in total. The maximum atomic E-state index is 12.3. The number of amides is 1. The summed E-state index contributed by atoms with van der Waals surface area (Å²) in [6.07, 6.45) is 1.13. The average Bonchev–Trinajstić information content (AvgIpc) is 3.05. The van der Waals surface area contributed by atoms with Gasteiger partial charge in [-0.05, 0) is 24.3 Å². The van der Waals surface area contributed by atoms with Gasteiger partial charge >= 0.3 is 0 Å². The van der Waals surface area contributed by atoms with Crippen LogP contribution in [0, 0.1) is 0 Å². The van der Waals surface area contributed by atoms with E-state index >= 15 is 0 Å². The Morgan fingerprint density at radius 1 is 1.13 bits per heavy atom. The summed E-state index contributed by atoms with van der Waals surface area (Å²) in [5, 5.41) is 21.0. The van der Waals surface area contributed by atoms with Crippen molar-refractivity contribution in [3.8, 4) is 5.75 Å². The van der Waals surface area contributed by atoms with Crippen molar-refractivity contribution in [2.75, 3.05) is 21.6 Å². The van der Waals surface area contributed by atoms with Gasteiger partial charge in [0.2, 0.25) is 15.9 Å². The van der Waals surface area contributed by atoms with E-state index in [-0.39, 0.29) is 24.0 Å². The number of thioether (sulfide) groups is 1. The van der Waals surface area contributed by atoms with Gasteiger partial charge < -0.3 is 15.0 Å². The summed E-state index contributed by atoms with van der Waals surface area (Å²) in [4.78, 5) is 12.2. The van der Waals surface area contributed by atoms with E-state index in [1.54, 1.807) is 60.1 Å². The number of rotatable bonds is 8. The van der Waals surface area contributed by atoms with Crippen LogP contribution in [0.1, 0.15) is 5.82 Å². The van der Waals surface area contributed by atoms with E-state index in [0.717, 1.165) is 18.0 Å². The Balaban J connectivity index is 1.68. The average molecular weight is 448 g/mol. The lowest BCUT2D eigenvalue weighted by molar-refractivity contribution is -0.113. The van der Waals surface area contributed by atoms with Gasteiger partial charge in [-0.2, -0.15) is 0 Å². The highest BCUT2D eigenvalue weighted by Crippen LogP contribution is 2.24. The minimum Gasteiger partial charge on any atom is -0.506 e. The highest BCUT2D eigenvalue weighted by atomic mass is 32.2. The minimum absolute atomic E-state index is 0.0109. The number of nitrogens with zero attached hydrogens (tertiary/aromatic N) is 4. The van der Waals surface area contributed by atoms with Crippen LogP contribution >= 0.6 is 11.8 Å². The second-order valence-corrected chi connectivity index (χ2v) is 9.27. The summed E-state index contributed by atoms with van der Waals surface area (Å²) in [6, 6.07) is 15.2. The third kappa shape index (κ3) is 5.30. The van der Waals surface area contributed by atoms with Crippen molar-refractivity contribution < 1.29 is 18.3 Å². The second kappa shape index (κ2) is 9.18. The first kappa shape index (κ1) is 21.7. The molecule has 0 aliphatic carbocycles. The fraction of sp³-hybridized carbons (Fsp3) is 0.211. The van der Waals surface area contributed by atoms with Gasteiger partial charge in [0.15, 0.2) is 11.0 Å². The van der Waals surface area contributed by atoms with Gasteiger partial charge in [-0.15, -0.1) is 10.2 Å². The smallest absolute Gasteiger partial charge is 0.234 e. The molecule has 3 aromatic rings. The van der Waals surface area contributed by atoms with Gasteiger partial charge in [-0.1, -0.05) is 42.1 Å². The number of hydrogen-bond donors (Lipinski definition) is 2. The van der Waals surface area contributed by atoms with Crippen molar-refractivity contribution in [2.45, 2.75) is 11.7 Å². The third-order valence-electron chi connectivity index (χ3n) is 4.17. The Morgan fingerprint density at radius 3 is 2.47 bits per heavy atom. The van der Waals surface area contributed by atoms with Crippen LogP contribution in [0.25, 0.3) is 0 Å². The Kier molecular flexibility index (Phi) is 6.63. The molecule has 1 heterocycles. The SMILES string of the molecule is Cn1c(CN(c2ccccc2)S(C)(=O)=O)nnc1SCC(=O)Nc1ccccc1O. The standard InChI is InChI=1S/C19H21N5O4S2/c1-23-17(12-24(30(2,27)28)14-8-4-3-5-9-14)21-22-19(23)29-13-18(26)20-15-10-6-7-11-16(15)25/h3-11,25H,12-13H2,1-2H3,(H,20,26). The molecule has 30 heavy (non-hydrogen) atoms. The number of sulfonamides is 1. The molecule has 0 unspecified atom stereocenters. The largest absolute Gasteiger partial charge is 0.506 e. The maximum Gasteiger partial charge on any atom is 0.234 e. The Bertz CT molecular complexity index is 1130. The number of hydrogen-bond acceptors (Lipinski definition) is 7. The highest BCUT2D eigenvalue weighted by molar-refractivity contribution is 7.99. The van der Waals surface area contributed by atoms with Gasteiger partial charge in [-0.3, -0.25) is 9.10 Å². The van der Waals surface area contributed by atoms with Crippen LogP contribution in [0.3, 0.4) is 0 Å². The minimum atomic E-state index is -3.53. The Hall–Kier alpha value is -3.05. The van der Waals surface area contributed by atoms with Crippen molar-refractivity contribution >= 4 is 39.1 Å². The number of carbonyl (C=O) groups excluding carboxylic acids is 1. The quantitative estimate of drug-likeness (QED) is 0.402. The van der Waals surface area contributed by atoms with Crippen LogP contribution < -0.4 is 9.62 Å². The molecule has 1 aromatic heterocycles. The van der Waals surface area contributed by atoms with Gasteiger partial charge in [0.1, 0.15) is 5.75 Å². The number of nitrogens with one attached hydrogen (secondary N) is 1. The van der Waals surface area contributed by atoms with Gasteiger partial charge in [-0.25, -0.2) is 8.42 Å². The van der Waals surface area contributed by atoms with E-state index < -0.39 is 10.0 Å². The molecular formula is C19H21N5O4S2. The van der Waals surface area contributed by atoms with Crippen molar-refractivity contribution in [3.05, 3.63) is 60.4 Å². The van der Waals surface area contributed by atoms with Crippen LogP contribution in [0.15, 0.2) is 59.8 Å². The maximum absolute atomic E-state index is 12.3. The monoisotopic (exact) mass is 447 g/mol. The van der Waals surface area contributed by atoms with Crippen molar-refractivity contribution in [1.82, 2.24) is 14.8 Å². The van der Waals surface area contributed by atoms with Crippen molar-refractivity contribution in [3.63, 3.8) is 0 Å². The summed E-state index contributed by atoms with van der Waals surface area (Å²) in [7, 11) is -1.82. The molecule has 0 radical (unpaired) electrons. The van der Waals surface area contributed by atoms with Crippen LogP contribution in [0.5, 0.6) is 5.75 Å². The highest BCUT2D eigenvalue weighted by Gasteiger charge is 2.21. The number of benzene rings is 2. The van der Waals surface area contributed by atoms with E-state index in [4.69, 9.17) is 0 Å². The summed E-state index contributed by atoms with van der Waals surface area (Å²) >= 11 is 1.16. The number of phenols is 1. The van der Waals surface area contributed by atoms with Gasteiger partial charge in [0.05, 0.1) is 29.9 Å². The first-order chi connectivity index (χ1) is 14.3. The van der Waals surface area contributed by atoms with Gasteiger partial charge in [0.25, 0.3) is 0 Å². The molecule has 0 saturated carbocycles. The molecule has 0 aliphatic rings. The molecule has 3 rings (SSSR count). The zero-order valence-corrected chi connectivity index (χ0v) is 18.0. The van der Waals surface area contributed by atoms with E-state index in [1.165, 1.54) is 10.4 Å². The molecule has 9 nitrogen and oxygen atoms in total. The first-order valence-corrected chi connectivity index (χ1v) is 11.7. The van der Waals surface area contributed by atoms with E-state index in [2.05, 4.69) is 15.5 Å². The number of carbonyl (C=O) groups is 1. The molecule has 0 spiro atoms. The summed E-state index contributed by atoms with van der Waals surface area (Å²) in [5.74, 6) is 0.161. The topological polar surface area (TPSA) is 117 Å². The molecule has 2 aromatic carbocycles. The normalized spacial score (nSPS) is 11.3. The molecule has 0 bridgehead atoms. The molecule has 1 amide bonds. The third-order valence-corrected chi connectivity index (χ3v) is 6.33. The zero-order valence-electron chi connectivity index (χ0n) is 16.4. The lowest BCUT2D eigenvalue weighted by atomic mass is 10.3. The molecule has 0 fully saturated rings. The Morgan fingerprint density at radius 2 is 1.80 bits per heavy atom. The number of para-hydroxylation sites is 3. The fourth-order valence-corrected chi connectivity index (χ4v) is 4.21. The molecule has 11 heteroatoms. The molecule has 0 atom stereocenters. The summed E-state index contributed by atoms with van der Waals surface area (Å²) in [6.45, 7) is 0.0109. The van der Waals surface area contributed by atoms with Crippen LogP contribution in [-0.2, 0) is 28.4 Å². The van der Waals surface area contributed by atoms with Crippen molar-refractivity contribution in [1.29, 1.82) is 0 Å². The number of phenolic OH excluding ortho intramolecular Hbond substituents is 1. The lowest BCUT2D eigenvalue weighted by Crippen LogP contribution is -2.30. The van der Waals surface area contributed by atoms with Crippen LogP contribution in [-0.4, -0.2) is 46.2 Å². The molecular weight excluding hydrogens is 426 g/mol.